The summed E-state index contributed by atoms with van der Waals surface area (Å²) in [5, 5.41) is 0.911. The maximum Gasteiger partial charge on any atom is 0.289 e. The van der Waals surface area contributed by atoms with Gasteiger partial charge in [0.05, 0.1) is 17.0 Å². The second-order valence-electron chi connectivity index (χ2n) is 7.13. The van der Waals surface area contributed by atoms with Gasteiger partial charge in [0, 0.05) is 0 Å². The van der Waals surface area contributed by atoms with E-state index in [2.05, 4.69) is 5.32 Å². The number of benzene rings is 2. The molecule has 9 heteroatoms. The van der Waals surface area contributed by atoms with Crippen molar-refractivity contribution in [1.82, 2.24) is 10.2 Å². The minimum Gasteiger partial charge on any atom is -0.492 e. The Morgan fingerprint density at radius 1 is 0.839 bits per heavy atom. The van der Waals surface area contributed by atoms with E-state index in [0.29, 0.717) is 18.6 Å². The molecule has 0 aliphatic carbocycles. The van der Waals surface area contributed by atoms with Crippen LogP contribution < -0.4 is 10.1 Å². The Morgan fingerprint density at radius 3 is 2.19 bits per heavy atom. The van der Waals surface area contributed by atoms with E-state index >= 15 is 0 Å². The summed E-state index contributed by atoms with van der Waals surface area (Å²) in [5.74, 6) is 0.161. The van der Waals surface area contributed by atoms with Crippen LogP contribution in [0.3, 0.4) is 0 Å². The van der Waals surface area contributed by atoms with Gasteiger partial charge in [0.2, 0.25) is 11.8 Å². The van der Waals surface area contributed by atoms with Crippen molar-refractivity contribution in [3.8, 4) is 5.75 Å². The van der Waals surface area contributed by atoms with E-state index in [1.165, 1.54) is 4.90 Å². The standard InChI is InChI=1S/C22H20N2O5S2/c25-19-17(30-21(27)23-19)12-15-6-8-16(9-7-15)29-11-10-24-20(26)18(31-22(24)28)13-14-4-2-1-3-5-14/h1-9,17-18H,10-13H2,(H,23,25,27). The molecular weight excluding hydrogens is 436 g/mol. The summed E-state index contributed by atoms with van der Waals surface area (Å²) >= 11 is 2.06. The minimum atomic E-state index is -0.409. The number of carbonyl (C=O) groups excluding carboxylic acids is 4. The Hall–Kier alpha value is -2.78. The third-order valence-corrected chi connectivity index (χ3v) is 7.02. The highest BCUT2D eigenvalue weighted by Gasteiger charge is 2.39. The van der Waals surface area contributed by atoms with Gasteiger partial charge in [-0.25, -0.2) is 0 Å². The van der Waals surface area contributed by atoms with Gasteiger partial charge in [0.1, 0.15) is 12.4 Å². The first kappa shape index (κ1) is 21.5. The molecule has 0 aromatic heterocycles. The number of hydrogen-bond donors (Lipinski definition) is 1. The molecular formula is C22H20N2O5S2. The van der Waals surface area contributed by atoms with E-state index in [1.807, 2.05) is 42.5 Å². The first-order valence-corrected chi connectivity index (χ1v) is 11.5. The second kappa shape index (κ2) is 9.57. The van der Waals surface area contributed by atoms with Gasteiger partial charge in [0.15, 0.2) is 0 Å². The van der Waals surface area contributed by atoms with Crippen molar-refractivity contribution in [3.05, 3.63) is 65.7 Å². The first-order valence-electron chi connectivity index (χ1n) is 9.79. The second-order valence-corrected chi connectivity index (χ2v) is 9.46. The van der Waals surface area contributed by atoms with Crippen LogP contribution >= 0.6 is 23.5 Å². The van der Waals surface area contributed by atoms with Crippen molar-refractivity contribution < 1.29 is 23.9 Å². The summed E-state index contributed by atoms with van der Waals surface area (Å²) in [4.78, 5) is 49.0. The van der Waals surface area contributed by atoms with Crippen molar-refractivity contribution >= 4 is 45.8 Å². The number of thioether (sulfide) groups is 2. The third kappa shape index (κ3) is 5.29. The summed E-state index contributed by atoms with van der Waals surface area (Å²) in [5.41, 5.74) is 1.94. The molecule has 2 heterocycles. The van der Waals surface area contributed by atoms with E-state index in [9.17, 15) is 19.2 Å². The van der Waals surface area contributed by atoms with Crippen molar-refractivity contribution in [3.63, 3.8) is 0 Å². The molecule has 2 aliphatic heterocycles. The van der Waals surface area contributed by atoms with Gasteiger partial charge in [0.25, 0.3) is 10.5 Å². The number of hydrogen-bond acceptors (Lipinski definition) is 7. The van der Waals surface area contributed by atoms with Gasteiger partial charge in [-0.1, -0.05) is 66.0 Å². The number of amides is 4. The molecule has 2 unspecified atom stereocenters. The van der Waals surface area contributed by atoms with Gasteiger partial charge >= 0.3 is 0 Å². The van der Waals surface area contributed by atoms with Crippen LogP contribution in [0.5, 0.6) is 5.75 Å². The van der Waals surface area contributed by atoms with Crippen LogP contribution in [-0.4, -0.2) is 50.8 Å². The highest BCUT2D eigenvalue weighted by molar-refractivity contribution is 8.15. The van der Waals surface area contributed by atoms with Crippen LogP contribution in [0.15, 0.2) is 54.6 Å². The Bertz CT molecular complexity index is 997. The first-order chi connectivity index (χ1) is 15.0. The van der Waals surface area contributed by atoms with E-state index in [-0.39, 0.29) is 35.4 Å². The van der Waals surface area contributed by atoms with Crippen LogP contribution in [0, 0.1) is 0 Å². The van der Waals surface area contributed by atoms with E-state index < -0.39 is 10.5 Å². The fraction of sp³-hybridized carbons (Fsp3) is 0.273. The molecule has 7 nitrogen and oxygen atoms in total. The molecule has 0 radical (unpaired) electrons. The minimum absolute atomic E-state index is 0.181. The van der Waals surface area contributed by atoms with Crippen molar-refractivity contribution in [2.75, 3.05) is 13.2 Å². The van der Waals surface area contributed by atoms with Crippen LogP contribution in [0.1, 0.15) is 11.1 Å². The van der Waals surface area contributed by atoms with Crippen LogP contribution in [0.4, 0.5) is 9.59 Å². The molecule has 31 heavy (non-hydrogen) atoms. The molecule has 4 amide bonds. The van der Waals surface area contributed by atoms with Gasteiger partial charge in [-0.15, -0.1) is 0 Å². The highest BCUT2D eigenvalue weighted by Crippen LogP contribution is 2.29. The lowest BCUT2D eigenvalue weighted by Gasteiger charge is -2.15. The molecule has 2 aromatic carbocycles. The van der Waals surface area contributed by atoms with Gasteiger partial charge in [-0.05, 0) is 36.1 Å². The lowest BCUT2D eigenvalue weighted by Crippen LogP contribution is -2.35. The molecule has 0 spiro atoms. The lowest BCUT2D eigenvalue weighted by atomic mass is 10.1. The lowest BCUT2D eigenvalue weighted by molar-refractivity contribution is -0.127. The number of imide groups is 2. The zero-order chi connectivity index (χ0) is 21.8. The third-order valence-electron chi connectivity index (χ3n) is 4.96. The van der Waals surface area contributed by atoms with Crippen LogP contribution in [-0.2, 0) is 22.4 Å². The smallest absolute Gasteiger partial charge is 0.289 e. The molecule has 160 valence electrons. The maximum absolute atomic E-state index is 12.6. The molecule has 4 rings (SSSR count). The zero-order valence-corrected chi connectivity index (χ0v) is 18.1. The van der Waals surface area contributed by atoms with E-state index in [0.717, 1.165) is 34.7 Å². The van der Waals surface area contributed by atoms with Gasteiger partial charge in [-0.2, -0.15) is 0 Å². The number of nitrogens with one attached hydrogen (secondary N) is 1. The number of rotatable bonds is 8. The summed E-state index contributed by atoms with van der Waals surface area (Å²) in [7, 11) is 0. The largest absolute Gasteiger partial charge is 0.492 e. The number of nitrogens with zero attached hydrogens (tertiary/aromatic N) is 1. The molecule has 2 aromatic rings. The van der Waals surface area contributed by atoms with Gasteiger partial charge in [-0.3, -0.25) is 29.4 Å². The van der Waals surface area contributed by atoms with Crippen LogP contribution in [0.2, 0.25) is 0 Å². The fourth-order valence-electron chi connectivity index (χ4n) is 3.38. The highest BCUT2D eigenvalue weighted by atomic mass is 32.2. The number of ether oxygens (including phenoxy) is 1. The van der Waals surface area contributed by atoms with Crippen molar-refractivity contribution in [2.45, 2.75) is 23.3 Å². The Kier molecular flexibility index (Phi) is 6.62. The molecule has 2 aliphatic rings. The number of carbonyl (C=O) groups is 4. The monoisotopic (exact) mass is 456 g/mol. The van der Waals surface area contributed by atoms with Crippen LogP contribution in [0.25, 0.3) is 0 Å². The Morgan fingerprint density at radius 2 is 1.52 bits per heavy atom. The molecule has 2 fully saturated rings. The predicted molar refractivity (Wildman–Crippen MR) is 119 cm³/mol. The van der Waals surface area contributed by atoms with Crippen molar-refractivity contribution in [2.24, 2.45) is 0 Å². The zero-order valence-electron chi connectivity index (χ0n) is 16.5. The summed E-state index contributed by atoms with van der Waals surface area (Å²) in [6, 6.07) is 16.9. The Labute approximate surface area is 187 Å². The molecule has 2 saturated heterocycles. The maximum atomic E-state index is 12.6. The summed E-state index contributed by atoms with van der Waals surface area (Å²) in [6.45, 7) is 0.392. The Balaban J connectivity index is 1.25. The summed E-state index contributed by atoms with van der Waals surface area (Å²) in [6.07, 6.45) is 0.983. The molecule has 0 bridgehead atoms. The topological polar surface area (TPSA) is 92.8 Å². The molecule has 1 N–H and O–H groups in total. The fourth-order valence-corrected chi connectivity index (χ4v) is 5.29. The molecule has 2 atom stereocenters. The average molecular weight is 457 g/mol. The van der Waals surface area contributed by atoms with E-state index in [1.54, 1.807) is 12.1 Å². The van der Waals surface area contributed by atoms with E-state index in [4.69, 9.17) is 4.74 Å². The normalized spacial score (nSPS) is 21.0. The van der Waals surface area contributed by atoms with Gasteiger partial charge < -0.3 is 4.74 Å². The SMILES string of the molecule is O=C1NC(=O)C(Cc2ccc(OCCN3C(=O)SC(Cc4ccccc4)C3=O)cc2)S1. The predicted octanol–water partition coefficient (Wildman–Crippen LogP) is 3.27. The quantitative estimate of drug-likeness (QED) is 0.652. The molecule has 0 saturated carbocycles. The van der Waals surface area contributed by atoms with Crippen molar-refractivity contribution in [1.29, 1.82) is 0 Å². The summed E-state index contributed by atoms with van der Waals surface area (Å²) < 4.78 is 5.69. The average Bonchev–Trinajstić information content (AvgIpc) is 3.21.